The van der Waals surface area contributed by atoms with Crippen molar-refractivity contribution in [1.29, 1.82) is 0 Å². The minimum Gasteiger partial charge on any atom is -0.870 e. The summed E-state index contributed by atoms with van der Waals surface area (Å²) in [6, 6.07) is 0. The smallest absolute Gasteiger partial charge is 0.870 e. The van der Waals surface area contributed by atoms with Crippen LogP contribution >= 0.6 is 0 Å². The van der Waals surface area contributed by atoms with Gasteiger partial charge in [-0.1, -0.05) is 0 Å². The van der Waals surface area contributed by atoms with Crippen molar-refractivity contribution in [2.24, 2.45) is 0 Å². The van der Waals surface area contributed by atoms with Gasteiger partial charge in [0.2, 0.25) is 0 Å². The van der Waals surface area contributed by atoms with Gasteiger partial charge in [0, 0.05) is 0 Å². The molecule has 10 heteroatoms. The maximum absolute atomic E-state index is 9.44. The second-order valence-corrected chi connectivity index (χ2v) is 2.51. The molecule has 0 unspecified atom stereocenters. The molecule has 10 heavy (non-hydrogen) atoms. The molecule has 5 N–H and O–H groups in total. The standard InChI is InChI=1S/Al.H2O5Si2.2H2O/c;1-6(2)5-7(3)4;;/h;1,3H;2*1H2/q+3;;;/p-1. The predicted molar refractivity (Wildman–Crippen MR) is 29.7 cm³/mol. The van der Waals surface area contributed by atoms with Crippen LogP contribution in [0.25, 0.3) is 0 Å². The van der Waals surface area contributed by atoms with Crippen LogP contribution in [0.4, 0.5) is 0 Å². The molecule has 0 amide bonds. The van der Waals surface area contributed by atoms with Gasteiger partial charge >= 0.3 is 35.7 Å². The second kappa shape index (κ2) is 11.7. The van der Waals surface area contributed by atoms with E-state index in [1.807, 2.05) is 0 Å². The van der Waals surface area contributed by atoms with Crippen molar-refractivity contribution in [3.63, 3.8) is 0 Å². The summed E-state index contributed by atoms with van der Waals surface area (Å²) in [4.78, 5) is 15.4. The van der Waals surface area contributed by atoms with Gasteiger partial charge in [-0.2, -0.15) is 0 Å². The first-order chi connectivity index (χ1) is 3.13. The van der Waals surface area contributed by atoms with E-state index < -0.39 is 18.3 Å². The zero-order valence-electron chi connectivity index (χ0n) is 4.64. The van der Waals surface area contributed by atoms with Crippen LogP contribution in [0.15, 0.2) is 0 Å². The normalized spacial score (nSPS) is 5.20. The fraction of sp³-hybridized carbons (Fsp3) is 0. The van der Waals surface area contributed by atoms with E-state index in [-0.39, 0.29) is 28.3 Å². The van der Waals surface area contributed by atoms with Crippen LogP contribution < -0.4 is 0 Å². The van der Waals surface area contributed by atoms with Crippen LogP contribution in [0.2, 0.25) is 0 Å². The average Bonchev–Trinajstić information content (AvgIpc) is 1.27. The topological polar surface area (TPSA) is 145 Å². The zero-order chi connectivity index (χ0) is 5.86. The third kappa shape index (κ3) is 24.8. The zero-order valence-corrected chi connectivity index (χ0v) is 7.80. The largest absolute Gasteiger partial charge is 3.00 e. The summed E-state index contributed by atoms with van der Waals surface area (Å²) in [6.45, 7) is 0. The van der Waals surface area contributed by atoms with Gasteiger partial charge < -0.3 is 24.7 Å². The first-order valence-electron chi connectivity index (χ1n) is 1.26. The van der Waals surface area contributed by atoms with E-state index in [0.717, 1.165) is 0 Å². The SMILES string of the molecule is O.O=[Si](O)O[Si](=O)O.[Al+3].[OH-]. The van der Waals surface area contributed by atoms with Crippen LogP contribution in [0.1, 0.15) is 0 Å². The molecule has 56 valence electrons. The molecule has 0 spiro atoms. The Morgan fingerprint density at radius 1 is 1.10 bits per heavy atom. The van der Waals surface area contributed by atoms with E-state index in [1.54, 1.807) is 0 Å². The van der Waals surface area contributed by atoms with E-state index in [1.165, 1.54) is 0 Å². The first kappa shape index (κ1) is 22.5. The fourth-order valence-electron chi connectivity index (χ4n) is 0.0747. The molecule has 0 bridgehead atoms. The van der Waals surface area contributed by atoms with Crippen molar-refractivity contribution in [1.82, 2.24) is 0 Å². The Kier molecular flexibility index (Phi) is 26.3. The van der Waals surface area contributed by atoms with Gasteiger partial charge in [0.1, 0.15) is 0 Å². The molecule has 0 aromatic carbocycles. The first-order valence-corrected chi connectivity index (χ1v) is 3.79. The van der Waals surface area contributed by atoms with E-state index in [4.69, 9.17) is 9.59 Å². The Morgan fingerprint density at radius 3 is 1.30 bits per heavy atom. The molecule has 0 rings (SSSR count). The molecule has 7 nitrogen and oxygen atoms in total. The second-order valence-electron chi connectivity index (χ2n) is 0.634. The van der Waals surface area contributed by atoms with Gasteiger partial charge in [0.05, 0.1) is 0 Å². The molecular formula is H5AlO7Si2+2. The molecule has 0 radical (unpaired) electrons. The van der Waals surface area contributed by atoms with Crippen LogP contribution in [0, 0.1) is 0 Å². The van der Waals surface area contributed by atoms with Crippen molar-refractivity contribution in [3.8, 4) is 0 Å². The summed E-state index contributed by atoms with van der Waals surface area (Å²) < 4.78 is 22.3. The van der Waals surface area contributed by atoms with E-state index >= 15 is 0 Å². The summed E-state index contributed by atoms with van der Waals surface area (Å²) in [6.07, 6.45) is 0. The molecular weight excluding hydrogens is 195 g/mol. The summed E-state index contributed by atoms with van der Waals surface area (Å²) >= 11 is 0. The van der Waals surface area contributed by atoms with Gasteiger partial charge in [-0.25, -0.2) is 0 Å². The van der Waals surface area contributed by atoms with Crippen LogP contribution in [-0.2, 0) is 13.0 Å². The van der Waals surface area contributed by atoms with Crippen molar-refractivity contribution >= 4 is 35.7 Å². The maximum Gasteiger partial charge on any atom is 3.00 e. The molecule has 0 atom stereocenters. The average molecular weight is 200 g/mol. The van der Waals surface area contributed by atoms with E-state index in [2.05, 4.69) is 4.12 Å². The van der Waals surface area contributed by atoms with Gasteiger partial charge in [-0.05, 0) is 0 Å². The molecule has 0 aliphatic rings. The minimum absolute atomic E-state index is 0. The minimum atomic E-state index is -3.20. The van der Waals surface area contributed by atoms with Crippen molar-refractivity contribution in [3.05, 3.63) is 0 Å². The molecule has 0 saturated carbocycles. The summed E-state index contributed by atoms with van der Waals surface area (Å²) in [7, 11) is -6.40. The Morgan fingerprint density at radius 2 is 1.30 bits per heavy atom. The molecule has 0 saturated heterocycles. The van der Waals surface area contributed by atoms with Gasteiger partial charge in [0.25, 0.3) is 0 Å². The number of rotatable bonds is 2. The molecule has 0 fully saturated rings. The molecule has 0 aliphatic carbocycles. The van der Waals surface area contributed by atoms with Gasteiger partial charge in [0.15, 0.2) is 0 Å². The monoisotopic (exact) mass is 200 g/mol. The predicted octanol–water partition coefficient (Wildman–Crippen LogP) is -3.56. The summed E-state index contributed by atoms with van der Waals surface area (Å²) in [5.74, 6) is 0. The maximum atomic E-state index is 9.44. The molecule has 0 aromatic heterocycles. The third-order valence-corrected chi connectivity index (χ3v) is 1.57. The Bertz CT molecular complexity index is 87.8. The quantitative estimate of drug-likeness (QED) is 0.441. The van der Waals surface area contributed by atoms with Crippen LogP contribution in [0.3, 0.4) is 0 Å². The van der Waals surface area contributed by atoms with Gasteiger partial charge in [-0.15, -0.1) is 0 Å². The number of hydrogen-bond donors (Lipinski definition) is 2. The Labute approximate surface area is 69.8 Å². The van der Waals surface area contributed by atoms with Crippen molar-refractivity contribution < 1.29 is 33.6 Å². The van der Waals surface area contributed by atoms with Crippen molar-refractivity contribution in [2.45, 2.75) is 0 Å². The summed E-state index contributed by atoms with van der Waals surface area (Å²) in [5.41, 5.74) is 0. The van der Waals surface area contributed by atoms with Crippen LogP contribution in [0.5, 0.6) is 0 Å². The van der Waals surface area contributed by atoms with E-state index in [0.29, 0.717) is 0 Å². The molecule has 0 aliphatic heterocycles. The molecule has 0 heterocycles. The van der Waals surface area contributed by atoms with E-state index in [9.17, 15) is 8.92 Å². The fourth-order valence-corrected chi connectivity index (χ4v) is 0.672. The Balaban J connectivity index is -0.0000000600. The van der Waals surface area contributed by atoms with Gasteiger partial charge in [-0.3, -0.25) is 8.92 Å². The Hall–Kier alpha value is -0.114. The van der Waals surface area contributed by atoms with Crippen LogP contribution in [-0.4, -0.2) is 56.2 Å². The van der Waals surface area contributed by atoms with Crippen molar-refractivity contribution in [2.75, 3.05) is 0 Å². The molecule has 0 aromatic rings. The number of hydrogen-bond acceptors (Lipinski definition) is 4. The summed E-state index contributed by atoms with van der Waals surface area (Å²) in [5, 5.41) is 0. The third-order valence-electron chi connectivity index (χ3n) is 0.175.